The van der Waals surface area contributed by atoms with Gasteiger partial charge in [-0.05, 0) is 17.2 Å². The minimum Gasteiger partial charge on any atom is -0.275 e. The van der Waals surface area contributed by atoms with Crippen LogP contribution in [0.1, 0.15) is 10.4 Å². The van der Waals surface area contributed by atoms with E-state index in [0.717, 1.165) is 0 Å². The first kappa shape index (κ1) is 13.5. The summed E-state index contributed by atoms with van der Waals surface area (Å²) in [6, 6.07) is 7.03. The zero-order chi connectivity index (χ0) is 14.2. The van der Waals surface area contributed by atoms with Crippen LogP contribution >= 0.6 is 11.6 Å². The van der Waals surface area contributed by atoms with Crippen LogP contribution in [0.3, 0.4) is 0 Å². The predicted molar refractivity (Wildman–Crippen MR) is 61.9 cm³/mol. The third-order valence-corrected chi connectivity index (χ3v) is 2.71. The van der Waals surface area contributed by atoms with Crippen LogP contribution in [0.25, 0.3) is 11.1 Å². The molecule has 0 radical (unpaired) electrons. The Bertz CT molecular complexity index is 626. The van der Waals surface area contributed by atoms with Crippen molar-refractivity contribution in [1.82, 2.24) is 0 Å². The molecule has 19 heavy (non-hydrogen) atoms. The van der Waals surface area contributed by atoms with Gasteiger partial charge in [-0.2, -0.15) is 0 Å². The molecular formula is C13H5ClF4O. The molecule has 0 aromatic heterocycles. The quantitative estimate of drug-likeness (QED) is 0.458. The molecule has 2 rings (SSSR count). The monoisotopic (exact) mass is 288 g/mol. The summed E-state index contributed by atoms with van der Waals surface area (Å²) in [4.78, 5) is 10.8. The maximum Gasteiger partial charge on any atom is 0.258 e. The summed E-state index contributed by atoms with van der Waals surface area (Å²) in [6.45, 7) is 0. The van der Waals surface area contributed by atoms with Crippen LogP contribution < -0.4 is 0 Å². The van der Waals surface area contributed by atoms with Gasteiger partial charge in [-0.3, -0.25) is 4.79 Å². The van der Waals surface area contributed by atoms with E-state index in [1.165, 1.54) is 24.3 Å². The van der Waals surface area contributed by atoms with E-state index >= 15 is 0 Å². The highest BCUT2D eigenvalue weighted by Crippen LogP contribution is 2.32. The van der Waals surface area contributed by atoms with E-state index in [4.69, 9.17) is 11.6 Å². The summed E-state index contributed by atoms with van der Waals surface area (Å²) in [5.41, 5.74) is -2.36. The van der Waals surface area contributed by atoms with Crippen LogP contribution in [-0.4, -0.2) is 5.24 Å². The minimum absolute atomic E-state index is 0.0520. The maximum atomic E-state index is 13.8. The van der Waals surface area contributed by atoms with Gasteiger partial charge in [0, 0.05) is 0 Å². The Morgan fingerprint density at radius 3 is 1.74 bits per heavy atom. The van der Waals surface area contributed by atoms with Gasteiger partial charge in [0.25, 0.3) is 5.24 Å². The number of carbonyl (C=O) groups is 1. The maximum absolute atomic E-state index is 13.8. The minimum atomic E-state index is -1.81. The Hall–Kier alpha value is -1.88. The van der Waals surface area contributed by atoms with Crippen molar-refractivity contribution in [1.29, 1.82) is 0 Å². The number of halogens is 5. The largest absolute Gasteiger partial charge is 0.275 e. The Kier molecular flexibility index (Phi) is 3.57. The molecule has 0 amide bonds. The highest BCUT2D eigenvalue weighted by atomic mass is 35.5. The molecule has 0 spiro atoms. The van der Waals surface area contributed by atoms with Crippen molar-refractivity contribution in [3.8, 4) is 11.1 Å². The van der Waals surface area contributed by atoms with Gasteiger partial charge in [-0.15, -0.1) is 0 Å². The standard InChI is InChI=1S/C13H5ClF4O/c14-13(19)8-11(17)9(15)7(10(16)12(8)18)6-4-2-1-3-5-6/h1-5H. The second kappa shape index (κ2) is 5.01. The summed E-state index contributed by atoms with van der Waals surface area (Å²) in [6.07, 6.45) is 0. The zero-order valence-corrected chi connectivity index (χ0v) is 9.94. The van der Waals surface area contributed by atoms with Gasteiger partial charge in [0.15, 0.2) is 23.3 Å². The van der Waals surface area contributed by atoms with Crippen LogP contribution in [0.15, 0.2) is 30.3 Å². The highest BCUT2D eigenvalue weighted by molar-refractivity contribution is 6.67. The van der Waals surface area contributed by atoms with Gasteiger partial charge in [-0.25, -0.2) is 17.6 Å². The second-order valence-corrected chi connectivity index (χ2v) is 3.99. The number of rotatable bonds is 2. The van der Waals surface area contributed by atoms with Crippen LogP contribution in [0.5, 0.6) is 0 Å². The fourth-order valence-electron chi connectivity index (χ4n) is 1.66. The molecule has 6 heteroatoms. The lowest BCUT2D eigenvalue weighted by Gasteiger charge is -2.09. The van der Waals surface area contributed by atoms with Crippen molar-refractivity contribution < 1.29 is 22.4 Å². The average molecular weight is 289 g/mol. The third kappa shape index (κ3) is 2.21. The summed E-state index contributed by atoms with van der Waals surface area (Å²) >= 11 is 4.90. The molecule has 0 saturated heterocycles. The molecule has 2 aromatic rings. The topological polar surface area (TPSA) is 17.1 Å². The van der Waals surface area contributed by atoms with E-state index in [-0.39, 0.29) is 5.56 Å². The van der Waals surface area contributed by atoms with Gasteiger partial charge < -0.3 is 0 Å². The van der Waals surface area contributed by atoms with E-state index in [2.05, 4.69) is 0 Å². The first-order chi connectivity index (χ1) is 8.95. The molecule has 0 heterocycles. The highest BCUT2D eigenvalue weighted by Gasteiger charge is 2.28. The fourth-order valence-corrected chi connectivity index (χ4v) is 1.83. The van der Waals surface area contributed by atoms with Crippen LogP contribution in [0.2, 0.25) is 0 Å². The van der Waals surface area contributed by atoms with Gasteiger partial charge in [-0.1, -0.05) is 30.3 Å². The summed E-state index contributed by atoms with van der Waals surface area (Å²) in [5, 5.41) is -1.60. The summed E-state index contributed by atoms with van der Waals surface area (Å²) in [7, 11) is 0. The fraction of sp³-hybridized carbons (Fsp3) is 0. The molecular weight excluding hydrogens is 284 g/mol. The third-order valence-electron chi connectivity index (χ3n) is 2.52. The lowest BCUT2D eigenvalue weighted by atomic mass is 10.0. The smallest absolute Gasteiger partial charge is 0.258 e. The first-order valence-corrected chi connectivity index (χ1v) is 5.44. The molecule has 0 atom stereocenters. The van der Waals surface area contributed by atoms with E-state index in [1.54, 1.807) is 6.07 Å². The molecule has 0 saturated carbocycles. The van der Waals surface area contributed by atoms with Crippen molar-refractivity contribution in [2.24, 2.45) is 0 Å². The molecule has 0 aliphatic rings. The number of hydrogen-bond acceptors (Lipinski definition) is 1. The Morgan fingerprint density at radius 2 is 1.32 bits per heavy atom. The van der Waals surface area contributed by atoms with Gasteiger partial charge >= 0.3 is 0 Å². The predicted octanol–water partition coefficient (Wildman–Crippen LogP) is 4.29. The van der Waals surface area contributed by atoms with Gasteiger partial charge in [0.05, 0.1) is 5.56 Å². The molecule has 0 N–H and O–H groups in total. The average Bonchev–Trinajstić information content (AvgIpc) is 2.38. The van der Waals surface area contributed by atoms with E-state index in [0.29, 0.717) is 0 Å². The van der Waals surface area contributed by atoms with Crippen molar-refractivity contribution in [3.63, 3.8) is 0 Å². The van der Waals surface area contributed by atoms with E-state index < -0.39 is 39.6 Å². The number of benzene rings is 2. The Morgan fingerprint density at radius 1 is 0.842 bits per heavy atom. The number of carbonyl (C=O) groups excluding carboxylic acids is 1. The van der Waals surface area contributed by atoms with Crippen molar-refractivity contribution >= 4 is 16.8 Å². The Labute approximate surface area is 110 Å². The second-order valence-electron chi connectivity index (χ2n) is 3.65. The molecule has 0 unspecified atom stereocenters. The summed E-state index contributed by atoms with van der Waals surface area (Å²) in [5.74, 6) is -6.93. The van der Waals surface area contributed by atoms with E-state index in [1.807, 2.05) is 0 Å². The van der Waals surface area contributed by atoms with E-state index in [9.17, 15) is 22.4 Å². The summed E-state index contributed by atoms with van der Waals surface area (Å²) < 4.78 is 54.6. The lowest BCUT2D eigenvalue weighted by Crippen LogP contribution is -2.08. The lowest BCUT2D eigenvalue weighted by molar-refractivity contribution is 0.107. The van der Waals surface area contributed by atoms with Crippen LogP contribution in [0, 0.1) is 23.3 Å². The van der Waals surface area contributed by atoms with Crippen LogP contribution in [-0.2, 0) is 0 Å². The SMILES string of the molecule is O=C(Cl)c1c(F)c(F)c(-c2ccccc2)c(F)c1F. The van der Waals surface area contributed by atoms with Gasteiger partial charge in [0.1, 0.15) is 5.56 Å². The molecule has 1 nitrogen and oxygen atoms in total. The molecule has 0 bridgehead atoms. The van der Waals surface area contributed by atoms with Gasteiger partial charge in [0.2, 0.25) is 0 Å². The van der Waals surface area contributed by atoms with Crippen LogP contribution in [0.4, 0.5) is 17.6 Å². The molecule has 98 valence electrons. The van der Waals surface area contributed by atoms with Crippen molar-refractivity contribution in [3.05, 3.63) is 59.2 Å². The normalized spacial score (nSPS) is 10.6. The number of hydrogen-bond donors (Lipinski definition) is 0. The zero-order valence-electron chi connectivity index (χ0n) is 9.18. The molecule has 0 aliphatic carbocycles. The molecule has 0 fully saturated rings. The molecule has 0 aliphatic heterocycles. The Balaban J connectivity index is 2.82. The van der Waals surface area contributed by atoms with Crippen molar-refractivity contribution in [2.75, 3.05) is 0 Å². The van der Waals surface area contributed by atoms with Crippen molar-refractivity contribution in [2.45, 2.75) is 0 Å². The first-order valence-electron chi connectivity index (χ1n) is 5.06. The molecule has 2 aromatic carbocycles.